The summed E-state index contributed by atoms with van der Waals surface area (Å²) in [5.41, 5.74) is 1.16. The molecule has 2 aromatic rings. The van der Waals surface area contributed by atoms with Gasteiger partial charge < -0.3 is 0 Å². The predicted molar refractivity (Wildman–Crippen MR) is 130 cm³/mol. The van der Waals surface area contributed by atoms with Crippen molar-refractivity contribution < 1.29 is 19.2 Å². The Labute approximate surface area is 216 Å². The molecule has 4 rings (SSSR count). The lowest BCUT2D eigenvalue weighted by atomic mass is 9.82. The average molecular weight is 540 g/mol. The Morgan fingerprint density at radius 2 is 1.65 bits per heavy atom. The number of hydrogen-bond donors (Lipinski definition) is 0. The molecule has 176 valence electrons. The zero-order valence-corrected chi connectivity index (χ0v) is 20.9. The van der Waals surface area contributed by atoms with Crippen molar-refractivity contribution in [2.75, 3.05) is 6.54 Å². The monoisotopic (exact) mass is 538 g/mol. The van der Waals surface area contributed by atoms with E-state index in [1.807, 2.05) is 13.0 Å². The van der Waals surface area contributed by atoms with Crippen LogP contribution in [0.15, 0.2) is 48.0 Å². The molecule has 3 amide bonds. The summed E-state index contributed by atoms with van der Waals surface area (Å²) in [5, 5.41) is 2.44. The van der Waals surface area contributed by atoms with E-state index in [1.165, 1.54) is 36.4 Å². The van der Waals surface area contributed by atoms with Crippen LogP contribution in [0.25, 0.3) is 0 Å². The first-order valence-corrected chi connectivity index (χ1v) is 11.9. The molecule has 2 atom stereocenters. The van der Waals surface area contributed by atoms with Gasteiger partial charge in [-0.3, -0.25) is 19.2 Å². The molecule has 0 bridgehead atoms. The lowest BCUT2D eigenvalue weighted by Crippen LogP contribution is -2.52. The quantitative estimate of drug-likeness (QED) is 0.270. The number of carbonyl (C=O) groups is 4. The van der Waals surface area contributed by atoms with Crippen molar-refractivity contribution in [2.24, 2.45) is 11.8 Å². The maximum absolute atomic E-state index is 13.5. The Bertz CT molecular complexity index is 1260. The number of ketones is 1. The lowest BCUT2D eigenvalue weighted by molar-refractivity contribution is -0.154. The second-order valence-electron chi connectivity index (χ2n) is 8.23. The van der Waals surface area contributed by atoms with Gasteiger partial charge in [-0.05, 0) is 56.2 Å². The van der Waals surface area contributed by atoms with Crippen LogP contribution in [0.1, 0.15) is 40.5 Å². The van der Waals surface area contributed by atoms with Crippen molar-refractivity contribution in [3.8, 4) is 0 Å². The van der Waals surface area contributed by atoms with Crippen molar-refractivity contribution in [1.29, 1.82) is 0 Å². The summed E-state index contributed by atoms with van der Waals surface area (Å²) in [5.74, 6) is -3.54. The fourth-order valence-corrected chi connectivity index (χ4v) is 5.02. The number of hydrogen-bond acceptors (Lipinski definition) is 4. The molecule has 2 aliphatic rings. The van der Waals surface area contributed by atoms with Crippen LogP contribution in [0.5, 0.6) is 0 Å². The van der Waals surface area contributed by atoms with E-state index >= 15 is 0 Å². The van der Waals surface area contributed by atoms with Crippen molar-refractivity contribution in [3.63, 3.8) is 0 Å². The highest BCUT2D eigenvalue weighted by molar-refractivity contribution is 6.42. The minimum absolute atomic E-state index is 0.0641. The molecular formula is C24H18Cl4N2O4. The largest absolute Gasteiger partial charge is 0.292 e. The van der Waals surface area contributed by atoms with Gasteiger partial charge in [0.25, 0.3) is 17.7 Å². The number of Topliss-reactive ketones (excluding diaryl/α,β-unsaturated/α-hetero) is 1. The third-order valence-corrected chi connectivity index (χ3v) is 7.25. The summed E-state index contributed by atoms with van der Waals surface area (Å²) in [6, 6.07) is 8.47. The lowest BCUT2D eigenvalue weighted by Gasteiger charge is -2.30. The predicted octanol–water partition coefficient (Wildman–Crippen LogP) is 5.88. The summed E-state index contributed by atoms with van der Waals surface area (Å²) in [6.45, 7) is 1.30. The molecule has 1 saturated heterocycles. The van der Waals surface area contributed by atoms with Crippen LogP contribution in [0.2, 0.25) is 20.1 Å². The molecule has 1 heterocycles. The zero-order valence-electron chi connectivity index (χ0n) is 17.9. The molecule has 0 N–H and O–H groups in total. The van der Waals surface area contributed by atoms with Crippen LogP contribution in [-0.4, -0.2) is 40.1 Å². The number of imide groups is 1. The van der Waals surface area contributed by atoms with Crippen LogP contribution in [0.3, 0.4) is 0 Å². The SMILES string of the molecule is CC1=CC[C@@H]2C(=O)N(N(CC(=O)c3ccc(Cl)cc3Cl)C(=O)c3ccc(Cl)c(Cl)c3)C(=O)[C@@H]2C1. The highest BCUT2D eigenvalue weighted by Crippen LogP contribution is 2.39. The number of allylic oxidation sites excluding steroid dienone is 2. The van der Waals surface area contributed by atoms with Gasteiger partial charge in [0.05, 0.1) is 26.9 Å². The first kappa shape index (κ1) is 24.7. The number of carbonyl (C=O) groups excluding carboxylic acids is 4. The molecule has 0 unspecified atom stereocenters. The van der Waals surface area contributed by atoms with E-state index < -0.39 is 41.9 Å². The normalized spacial score (nSPS) is 19.7. The van der Waals surface area contributed by atoms with Gasteiger partial charge in [-0.1, -0.05) is 58.1 Å². The van der Waals surface area contributed by atoms with E-state index in [2.05, 4.69) is 0 Å². The van der Waals surface area contributed by atoms with Crippen LogP contribution < -0.4 is 0 Å². The minimum Gasteiger partial charge on any atom is -0.292 e. The summed E-state index contributed by atoms with van der Waals surface area (Å²) in [6.07, 6.45) is 2.72. The van der Waals surface area contributed by atoms with Gasteiger partial charge in [-0.2, -0.15) is 5.01 Å². The summed E-state index contributed by atoms with van der Waals surface area (Å²) in [7, 11) is 0. The van der Waals surface area contributed by atoms with Gasteiger partial charge in [0.1, 0.15) is 6.54 Å². The van der Waals surface area contributed by atoms with E-state index in [9.17, 15) is 19.2 Å². The van der Waals surface area contributed by atoms with E-state index in [-0.39, 0.29) is 26.2 Å². The average Bonchev–Trinajstić information content (AvgIpc) is 3.02. The molecule has 34 heavy (non-hydrogen) atoms. The van der Waals surface area contributed by atoms with Gasteiger partial charge in [0.2, 0.25) is 0 Å². The Balaban J connectivity index is 1.73. The maximum atomic E-state index is 13.5. The molecule has 0 saturated carbocycles. The molecule has 0 spiro atoms. The van der Waals surface area contributed by atoms with Crippen molar-refractivity contribution in [3.05, 3.63) is 79.3 Å². The first-order chi connectivity index (χ1) is 16.1. The Hall–Kier alpha value is -2.38. The molecule has 10 heteroatoms. The number of fused-ring (bicyclic) bond motifs is 1. The van der Waals surface area contributed by atoms with Crippen LogP contribution in [0.4, 0.5) is 0 Å². The molecule has 1 fully saturated rings. The summed E-state index contributed by atoms with van der Waals surface area (Å²) in [4.78, 5) is 53.2. The third-order valence-electron chi connectivity index (χ3n) is 5.97. The van der Waals surface area contributed by atoms with Crippen LogP contribution in [0, 0.1) is 11.8 Å². The Morgan fingerprint density at radius 1 is 0.941 bits per heavy atom. The number of rotatable bonds is 5. The molecule has 2 aromatic carbocycles. The molecule has 1 aliphatic carbocycles. The zero-order chi connectivity index (χ0) is 24.7. The topological polar surface area (TPSA) is 74.8 Å². The van der Waals surface area contributed by atoms with Gasteiger partial charge in [0, 0.05) is 16.1 Å². The molecular weight excluding hydrogens is 522 g/mol. The Kier molecular flexibility index (Phi) is 7.06. The van der Waals surface area contributed by atoms with Gasteiger partial charge in [-0.15, -0.1) is 0 Å². The van der Waals surface area contributed by atoms with E-state index in [0.717, 1.165) is 15.6 Å². The van der Waals surface area contributed by atoms with Crippen molar-refractivity contribution >= 4 is 69.9 Å². The van der Waals surface area contributed by atoms with Crippen molar-refractivity contribution in [1.82, 2.24) is 10.0 Å². The molecule has 1 aliphatic heterocycles. The number of amides is 3. The smallest absolute Gasteiger partial charge is 0.273 e. The van der Waals surface area contributed by atoms with E-state index in [0.29, 0.717) is 17.9 Å². The summed E-state index contributed by atoms with van der Waals surface area (Å²) < 4.78 is 0. The molecule has 0 aromatic heterocycles. The van der Waals surface area contributed by atoms with Crippen molar-refractivity contribution in [2.45, 2.75) is 19.8 Å². The molecule has 6 nitrogen and oxygen atoms in total. The second kappa shape index (κ2) is 9.70. The number of nitrogens with zero attached hydrogens (tertiary/aromatic N) is 2. The standard InChI is InChI=1S/C24H18Cl4N2O4/c1-12-2-5-15-17(8-12)24(34)30(23(15)33)29(22(32)13-3-7-18(26)20(28)9-13)11-21(31)16-6-4-14(25)10-19(16)27/h2-4,6-7,9-10,15,17H,5,8,11H2,1H3/t15-,17+/m0/s1. The summed E-state index contributed by atoms with van der Waals surface area (Å²) >= 11 is 24.1. The maximum Gasteiger partial charge on any atom is 0.273 e. The fourth-order valence-electron chi connectivity index (χ4n) is 4.21. The first-order valence-electron chi connectivity index (χ1n) is 10.4. The molecule has 0 radical (unpaired) electrons. The second-order valence-corrected chi connectivity index (χ2v) is 9.89. The van der Waals surface area contributed by atoms with Gasteiger partial charge in [0.15, 0.2) is 5.78 Å². The van der Waals surface area contributed by atoms with Crippen LogP contribution in [-0.2, 0) is 9.59 Å². The van der Waals surface area contributed by atoms with Crippen LogP contribution >= 0.6 is 46.4 Å². The number of halogens is 4. The fraction of sp³-hybridized carbons (Fsp3) is 0.250. The minimum atomic E-state index is -0.748. The van der Waals surface area contributed by atoms with E-state index in [1.54, 1.807) is 0 Å². The van der Waals surface area contributed by atoms with E-state index in [4.69, 9.17) is 46.4 Å². The van der Waals surface area contributed by atoms with Gasteiger partial charge in [-0.25, -0.2) is 5.01 Å². The third kappa shape index (κ3) is 4.60. The highest BCUT2D eigenvalue weighted by Gasteiger charge is 2.51. The Morgan fingerprint density at radius 3 is 2.32 bits per heavy atom. The highest BCUT2D eigenvalue weighted by atomic mass is 35.5. The number of benzene rings is 2. The van der Waals surface area contributed by atoms with Gasteiger partial charge >= 0.3 is 0 Å². The number of hydrazine groups is 1.